The summed E-state index contributed by atoms with van der Waals surface area (Å²) < 4.78 is 16.4. The van der Waals surface area contributed by atoms with Gasteiger partial charge in [-0.25, -0.2) is 4.79 Å². The minimum absolute atomic E-state index is 0.234. The molecule has 0 aliphatic rings. The van der Waals surface area contributed by atoms with Gasteiger partial charge in [0.25, 0.3) is 5.91 Å². The van der Waals surface area contributed by atoms with Crippen LogP contribution in [0.4, 0.5) is 5.69 Å². The standard InChI is InChI=1S/C26H27NO5/c1-5-30-21-11-13-22(14-12-21)31-19(4)26(29)32-23-9-7-20(8-10-23)25(28)27-24-15-6-17(2)16-18(24)3/h6-16,19H,5H2,1-4H3,(H,27,28). The minimum atomic E-state index is -0.805. The lowest BCUT2D eigenvalue weighted by molar-refractivity contribution is -0.141. The molecule has 0 aromatic heterocycles. The molecule has 1 unspecified atom stereocenters. The molecule has 1 amide bonds. The van der Waals surface area contributed by atoms with E-state index in [1.165, 1.54) is 0 Å². The summed E-state index contributed by atoms with van der Waals surface area (Å²) in [5, 5.41) is 2.90. The molecule has 0 heterocycles. The molecule has 6 heteroatoms. The van der Waals surface area contributed by atoms with E-state index < -0.39 is 12.1 Å². The van der Waals surface area contributed by atoms with Gasteiger partial charge in [-0.3, -0.25) is 4.79 Å². The van der Waals surface area contributed by atoms with Crippen molar-refractivity contribution < 1.29 is 23.8 Å². The topological polar surface area (TPSA) is 73.9 Å². The third-order valence-electron chi connectivity index (χ3n) is 4.74. The predicted molar refractivity (Wildman–Crippen MR) is 124 cm³/mol. The summed E-state index contributed by atoms with van der Waals surface area (Å²) in [7, 11) is 0. The van der Waals surface area contributed by atoms with E-state index in [0.717, 1.165) is 22.6 Å². The third kappa shape index (κ3) is 6.11. The van der Waals surface area contributed by atoms with Gasteiger partial charge in [0, 0.05) is 11.3 Å². The number of esters is 1. The lowest BCUT2D eigenvalue weighted by Gasteiger charge is -2.14. The Hall–Kier alpha value is -3.80. The molecule has 0 bridgehead atoms. The Kier molecular flexibility index (Phi) is 7.49. The van der Waals surface area contributed by atoms with Crippen LogP contribution in [0.1, 0.15) is 35.3 Å². The van der Waals surface area contributed by atoms with Crippen LogP contribution < -0.4 is 19.5 Å². The summed E-state index contributed by atoms with van der Waals surface area (Å²) in [4.78, 5) is 24.9. The quantitative estimate of drug-likeness (QED) is 0.384. The molecule has 0 saturated heterocycles. The first-order valence-electron chi connectivity index (χ1n) is 10.5. The Morgan fingerprint density at radius 1 is 0.875 bits per heavy atom. The van der Waals surface area contributed by atoms with E-state index in [1.54, 1.807) is 55.5 Å². The van der Waals surface area contributed by atoms with Gasteiger partial charge in [0.15, 0.2) is 6.10 Å². The lowest BCUT2D eigenvalue weighted by atomic mass is 10.1. The van der Waals surface area contributed by atoms with Gasteiger partial charge in [-0.05, 0) is 87.9 Å². The Bertz CT molecular complexity index is 1070. The fourth-order valence-corrected chi connectivity index (χ4v) is 3.06. The lowest BCUT2D eigenvalue weighted by Crippen LogP contribution is -2.28. The van der Waals surface area contributed by atoms with Gasteiger partial charge >= 0.3 is 5.97 Å². The van der Waals surface area contributed by atoms with Crippen LogP contribution >= 0.6 is 0 Å². The molecule has 166 valence electrons. The minimum Gasteiger partial charge on any atom is -0.494 e. The Morgan fingerprint density at radius 3 is 2.12 bits per heavy atom. The van der Waals surface area contributed by atoms with E-state index in [9.17, 15) is 9.59 Å². The molecule has 0 saturated carbocycles. The average molecular weight is 434 g/mol. The van der Waals surface area contributed by atoms with Gasteiger partial charge in [-0.2, -0.15) is 0 Å². The van der Waals surface area contributed by atoms with Crippen LogP contribution in [0.25, 0.3) is 0 Å². The first kappa shape index (κ1) is 22.9. The molecule has 0 fully saturated rings. The van der Waals surface area contributed by atoms with Crippen molar-refractivity contribution in [1.82, 2.24) is 0 Å². The summed E-state index contributed by atoms with van der Waals surface area (Å²) in [6, 6.07) is 19.2. The first-order valence-corrected chi connectivity index (χ1v) is 10.5. The van der Waals surface area contributed by atoms with Crippen LogP contribution in [-0.4, -0.2) is 24.6 Å². The van der Waals surface area contributed by atoms with E-state index in [4.69, 9.17) is 14.2 Å². The van der Waals surface area contributed by atoms with Crippen molar-refractivity contribution in [2.24, 2.45) is 0 Å². The fourth-order valence-electron chi connectivity index (χ4n) is 3.06. The molecule has 3 aromatic carbocycles. The van der Waals surface area contributed by atoms with Gasteiger partial charge < -0.3 is 19.5 Å². The fraction of sp³-hybridized carbons (Fsp3) is 0.231. The number of benzene rings is 3. The highest BCUT2D eigenvalue weighted by Gasteiger charge is 2.18. The maximum absolute atomic E-state index is 12.5. The molecule has 0 radical (unpaired) electrons. The highest BCUT2D eigenvalue weighted by atomic mass is 16.6. The molecular weight excluding hydrogens is 406 g/mol. The van der Waals surface area contributed by atoms with Gasteiger partial charge in [-0.15, -0.1) is 0 Å². The zero-order chi connectivity index (χ0) is 23.1. The SMILES string of the molecule is CCOc1ccc(OC(C)C(=O)Oc2ccc(C(=O)Nc3ccc(C)cc3C)cc2)cc1. The Morgan fingerprint density at radius 2 is 1.50 bits per heavy atom. The molecule has 0 aliphatic carbocycles. The third-order valence-corrected chi connectivity index (χ3v) is 4.74. The second kappa shape index (κ2) is 10.5. The van der Waals surface area contributed by atoms with Crippen LogP contribution in [0.15, 0.2) is 66.7 Å². The molecule has 1 N–H and O–H groups in total. The number of amides is 1. The molecule has 32 heavy (non-hydrogen) atoms. The highest BCUT2D eigenvalue weighted by Crippen LogP contribution is 2.21. The van der Waals surface area contributed by atoms with Crippen molar-refractivity contribution in [3.8, 4) is 17.2 Å². The number of aryl methyl sites for hydroxylation is 2. The number of carbonyl (C=O) groups is 2. The van der Waals surface area contributed by atoms with Crippen molar-refractivity contribution >= 4 is 17.6 Å². The van der Waals surface area contributed by atoms with Gasteiger partial charge in [0.2, 0.25) is 0 Å². The number of carbonyl (C=O) groups excluding carboxylic acids is 2. The summed E-state index contributed by atoms with van der Waals surface area (Å²) in [5.41, 5.74) is 3.35. The van der Waals surface area contributed by atoms with E-state index in [2.05, 4.69) is 5.32 Å². The predicted octanol–water partition coefficient (Wildman–Crippen LogP) is 5.33. The van der Waals surface area contributed by atoms with Crippen LogP contribution in [0.2, 0.25) is 0 Å². The van der Waals surface area contributed by atoms with Crippen LogP contribution in [0.3, 0.4) is 0 Å². The molecule has 3 aromatic rings. The summed E-state index contributed by atoms with van der Waals surface area (Å²) in [6.07, 6.45) is -0.805. The maximum atomic E-state index is 12.5. The van der Waals surface area contributed by atoms with E-state index in [0.29, 0.717) is 23.7 Å². The zero-order valence-corrected chi connectivity index (χ0v) is 18.7. The average Bonchev–Trinajstić information content (AvgIpc) is 2.77. The van der Waals surface area contributed by atoms with Gasteiger partial charge in [0.05, 0.1) is 6.61 Å². The number of nitrogens with one attached hydrogen (secondary N) is 1. The number of anilines is 1. The molecule has 3 rings (SSSR count). The smallest absolute Gasteiger partial charge is 0.352 e. The van der Waals surface area contributed by atoms with Crippen molar-refractivity contribution in [2.45, 2.75) is 33.8 Å². The number of ether oxygens (including phenoxy) is 3. The van der Waals surface area contributed by atoms with Crippen molar-refractivity contribution in [3.63, 3.8) is 0 Å². The normalized spacial score (nSPS) is 11.4. The summed E-state index contributed by atoms with van der Waals surface area (Å²) in [5.74, 6) is 0.835. The van der Waals surface area contributed by atoms with Gasteiger partial charge in [-0.1, -0.05) is 17.7 Å². The van der Waals surface area contributed by atoms with Crippen LogP contribution in [0, 0.1) is 13.8 Å². The molecule has 0 spiro atoms. The number of hydrogen-bond acceptors (Lipinski definition) is 5. The molecular formula is C26H27NO5. The Balaban J connectivity index is 1.55. The highest BCUT2D eigenvalue weighted by molar-refractivity contribution is 6.04. The first-order chi connectivity index (χ1) is 15.4. The number of hydrogen-bond donors (Lipinski definition) is 1. The molecule has 6 nitrogen and oxygen atoms in total. The van der Waals surface area contributed by atoms with E-state index in [1.807, 2.05) is 39.0 Å². The maximum Gasteiger partial charge on any atom is 0.352 e. The van der Waals surface area contributed by atoms with Gasteiger partial charge in [0.1, 0.15) is 17.2 Å². The largest absolute Gasteiger partial charge is 0.494 e. The molecule has 0 aliphatic heterocycles. The second-order valence-corrected chi connectivity index (χ2v) is 7.38. The Labute approximate surface area is 188 Å². The van der Waals surface area contributed by atoms with Crippen molar-refractivity contribution in [3.05, 3.63) is 83.4 Å². The summed E-state index contributed by atoms with van der Waals surface area (Å²) in [6.45, 7) is 8.05. The van der Waals surface area contributed by atoms with Crippen molar-refractivity contribution in [2.75, 3.05) is 11.9 Å². The second-order valence-electron chi connectivity index (χ2n) is 7.38. The zero-order valence-electron chi connectivity index (χ0n) is 18.7. The van der Waals surface area contributed by atoms with E-state index >= 15 is 0 Å². The van der Waals surface area contributed by atoms with Crippen LogP contribution in [-0.2, 0) is 4.79 Å². The van der Waals surface area contributed by atoms with Crippen LogP contribution in [0.5, 0.6) is 17.2 Å². The summed E-state index contributed by atoms with van der Waals surface area (Å²) >= 11 is 0. The molecule has 1 atom stereocenters. The van der Waals surface area contributed by atoms with E-state index in [-0.39, 0.29) is 5.91 Å². The number of rotatable bonds is 8. The monoisotopic (exact) mass is 433 g/mol. The van der Waals surface area contributed by atoms with Crippen molar-refractivity contribution in [1.29, 1.82) is 0 Å².